The molecule has 0 aliphatic carbocycles. The number of hydrazine groups is 1. The lowest BCUT2D eigenvalue weighted by Gasteiger charge is -2.17. The third kappa shape index (κ3) is 2.72. The van der Waals surface area contributed by atoms with Gasteiger partial charge in [0.25, 0.3) is 0 Å². The Balaban J connectivity index is 1.87. The lowest BCUT2D eigenvalue weighted by Crippen LogP contribution is -2.30. The second kappa shape index (κ2) is 5.17. The molecule has 2 nitrogen and oxygen atoms in total. The molecule has 82 valence electrons. The van der Waals surface area contributed by atoms with E-state index in [-0.39, 0.29) is 0 Å². The van der Waals surface area contributed by atoms with Crippen molar-refractivity contribution in [2.24, 2.45) is 5.92 Å². The summed E-state index contributed by atoms with van der Waals surface area (Å²) in [6.07, 6.45) is 4.02. The van der Waals surface area contributed by atoms with Crippen LogP contribution < -0.4 is 10.4 Å². The summed E-state index contributed by atoms with van der Waals surface area (Å²) in [5.41, 5.74) is 4.75. The van der Waals surface area contributed by atoms with Crippen molar-refractivity contribution in [1.29, 1.82) is 0 Å². The topological polar surface area (TPSA) is 15.3 Å². The van der Waals surface area contributed by atoms with Crippen LogP contribution >= 0.6 is 0 Å². The first-order valence-electron chi connectivity index (χ1n) is 5.96. The third-order valence-corrected chi connectivity index (χ3v) is 3.05. The monoisotopic (exact) mass is 204 g/mol. The normalized spacial score (nSPS) is 20.9. The van der Waals surface area contributed by atoms with Gasteiger partial charge in [0.2, 0.25) is 0 Å². The number of hydrogen-bond acceptors (Lipinski definition) is 2. The van der Waals surface area contributed by atoms with Crippen molar-refractivity contribution in [2.45, 2.75) is 26.2 Å². The van der Waals surface area contributed by atoms with Crippen LogP contribution in [0.4, 0.5) is 5.69 Å². The van der Waals surface area contributed by atoms with E-state index in [0.717, 1.165) is 19.0 Å². The van der Waals surface area contributed by atoms with Gasteiger partial charge in [-0.15, -0.1) is 0 Å². The molecule has 0 spiro atoms. The van der Waals surface area contributed by atoms with E-state index in [2.05, 4.69) is 47.7 Å². The first-order chi connectivity index (χ1) is 7.40. The van der Waals surface area contributed by atoms with E-state index in [0.29, 0.717) is 0 Å². The van der Waals surface area contributed by atoms with Crippen LogP contribution in [0.5, 0.6) is 0 Å². The SMILES string of the molecule is CCCCC1CNN(c2ccccc2)C1. The highest BCUT2D eigenvalue weighted by atomic mass is 15.5. The molecule has 1 atom stereocenters. The molecule has 1 unspecified atom stereocenters. The molecule has 1 aliphatic rings. The highest BCUT2D eigenvalue weighted by Gasteiger charge is 2.21. The smallest absolute Gasteiger partial charge is 0.0519 e. The summed E-state index contributed by atoms with van der Waals surface area (Å²) in [5, 5.41) is 2.28. The van der Waals surface area contributed by atoms with Crippen molar-refractivity contribution in [3.63, 3.8) is 0 Å². The Morgan fingerprint density at radius 1 is 1.33 bits per heavy atom. The van der Waals surface area contributed by atoms with Gasteiger partial charge in [-0.1, -0.05) is 38.0 Å². The Hall–Kier alpha value is -1.02. The maximum absolute atomic E-state index is 3.47. The number of nitrogens with zero attached hydrogens (tertiary/aromatic N) is 1. The summed E-state index contributed by atoms with van der Waals surface area (Å²) in [5.74, 6) is 0.824. The molecule has 2 heteroatoms. The fourth-order valence-corrected chi connectivity index (χ4v) is 2.12. The van der Waals surface area contributed by atoms with Gasteiger partial charge in [0, 0.05) is 13.1 Å². The molecule has 0 radical (unpaired) electrons. The van der Waals surface area contributed by atoms with Gasteiger partial charge in [-0.05, 0) is 24.5 Å². The van der Waals surface area contributed by atoms with Gasteiger partial charge in [-0.3, -0.25) is 0 Å². The minimum Gasteiger partial charge on any atom is -0.308 e. The Morgan fingerprint density at radius 3 is 2.87 bits per heavy atom. The lowest BCUT2D eigenvalue weighted by atomic mass is 10.0. The van der Waals surface area contributed by atoms with Crippen molar-refractivity contribution in [1.82, 2.24) is 5.43 Å². The summed E-state index contributed by atoms with van der Waals surface area (Å²) in [6.45, 7) is 4.55. The highest BCUT2D eigenvalue weighted by molar-refractivity contribution is 5.45. The number of para-hydroxylation sites is 1. The van der Waals surface area contributed by atoms with Crippen LogP contribution in [0.25, 0.3) is 0 Å². The molecule has 1 aliphatic heterocycles. The lowest BCUT2D eigenvalue weighted by molar-refractivity contribution is 0.528. The first kappa shape index (κ1) is 10.5. The maximum Gasteiger partial charge on any atom is 0.0519 e. The van der Waals surface area contributed by atoms with E-state index in [1.165, 1.54) is 24.9 Å². The van der Waals surface area contributed by atoms with Crippen LogP contribution in [0.15, 0.2) is 30.3 Å². The standard InChI is InChI=1S/C13H20N2/c1-2-3-7-12-10-14-15(11-12)13-8-5-4-6-9-13/h4-6,8-9,12,14H,2-3,7,10-11H2,1H3. The largest absolute Gasteiger partial charge is 0.308 e. The molecule has 1 heterocycles. The molecule has 0 amide bonds. The van der Waals surface area contributed by atoms with Crippen LogP contribution in [0.1, 0.15) is 26.2 Å². The number of benzene rings is 1. The summed E-state index contributed by atoms with van der Waals surface area (Å²) >= 11 is 0. The van der Waals surface area contributed by atoms with Crippen LogP contribution in [0.2, 0.25) is 0 Å². The molecular formula is C13H20N2. The van der Waals surface area contributed by atoms with Crippen LogP contribution in [-0.4, -0.2) is 13.1 Å². The van der Waals surface area contributed by atoms with Crippen molar-refractivity contribution in [3.8, 4) is 0 Å². The molecule has 2 rings (SSSR count). The number of anilines is 1. The van der Waals surface area contributed by atoms with Crippen molar-refractivity contribution in [2.75, 3.05) is 18.1 Å². The van der Waals surface area contributed by atoms with E-state index < -0.39 is 0 Å². The number of rotatable bonds is 4. The van der Waals surface area contributed by atoms with Gasteiger partial charge >= 0.3 is 0 Å². The van der Waals surface area contributed by atoms with E-state index in [1.807, 2.05) is 0 Å². The predicted molar refractivity (Wildman–Crippen MR) is 64.8 cm³/mol. The molecule has 1 fully saturated rings. The molecule has 0 bridgehead atoms. The zero-order valence-corrected chi connectivity index (χ0v) is 9.45. The van der Waals surface area contributed by atoms with Crippen LogP contribution in [-0.2, 0) is 0 Å². The fraction of sp³-hybridized carbons (Fsp3) is 0.538. The Kier molecular flexibility index (Phi) is 3.62. The van der Waals surface area contributed by atoms with Gasteiger partial charge in [-0.2, -0.15) is 0 Å². The number of nitrogens with one attached hydrogen (secondary N) is 1. The average molecular weight is 204 g/mol. The van der Waals surface area contributed by atoms with Crippen molar-refractivity contribution < 1.29 is 0 Å². The van der Waals surface area contributed by atoms with E-state index in [1.54, 1.807) is 0 Å². The van der Waals surface area contributed by atoms with Gasteiger partial charge in [0.1, 0.15) is 0 Å². The molecule has 0 saturated carbocycles. The Morgan fingerprint density at radius 2 is 2.13 bits per heavy atom. The van der Waals surface area contributed by atoms with Crippen molar-refractivity contribution >= 4 is 5.69 Å². The summed E-state index contributed by atoms with van der Waals surface area (Å²) in [6, 6.07) is 10.6. The highest BCUT2D eigenvalue weighted by Crippen LogP contribution is 2.20. The summed E-state index contributed by atoms with van der Waals surface area (Å²) < 4.78 is 0. The zero-order chi connectivity index (χ0) is 10.5. The van der Waals surface area contributed by atoms with Crippen LogP contribution in [0, 0.1) is 5.92 Å². The minimum atomic E-state index is 0.824. The van der Waals surface area contributed by atoms with Crippen LogP contribution in [0.3, 0.4) is 0 Å². The zero-order valence-electron chi connectivity index (χ0n) is 9.45. The Bertz CT molecular complexity index is 284. The molecular weight excluding hydrogens is 184 g/mol. The minimum absolute atomic E-state index is 0.824. The molecule has 0 aromatic heterocycles. The summed E-state index contributed by atoms with van der Waals surface area (Å²) in [7, 11) is 0. The Labute approximate surface area is 92.3 Å². The average Bonchev–Trinajstić information content (AvgIpc) is 2.76. The predicted octanol–water partition coefficient (Wildman–Crippen LogP) is 2.82. The van der Waals surface area contributed by atoms with Gasteiger partial charge < -0.3 is 5.01 Å². The van der Waals surface area contributed by atoms with E-state index >= 15 is 0 Å². The summed E-state index contributed by atoms with van der Waals surface area (Å²) in [4.78, 5) is 0. The fourth-order valence-electron chi connectivity index (χ4n) is 2.12. The van der Waals surface area contributed by atoms with Gasteiger partial charge in [0.15, 0.2) is 0 Å². The molecule has 1 aromatic carbocycles. The third-order valence-electron chi connectivity index (χ3n) is 3.05. The van der Waals surface area contributed by atoms with Crippen molar-refractivity contribution in [3.05, 3.63) is 30.3 Å². The molecule has 1 N–H and O–H groups in total. The molecule has 15 heavy (non-hydrogen) atoms. The van der Waals surface area contributed by atoms with E-state index in [4.69, 9.17) is 0 Å². The van der Waals surface area contributed by atoms with Gasteiger partial charge in [0.05, 0.1) is 5.69 Å². The number of hydrogen-bond donors (Lipinski definition) is 1. The maximum atomic E-state index is 3.47. The second-order valence-electron chi connectivity index (χ2n) is 4.32. The number of unbranched alkanes of at least 4 members (excludes halogenated alkanes) is 1. The van der Waals surface area contributed by atoms with E-state index in [9.17, 15) is 0 Å². The second-order valence-corrected chi connectivity index (χ2v) is 4.32. The van der Waals surface area contributed by atoms with Gasteiger partial charge in [-0.25, -0.2) is 5.43 Å². The quantitative estimate of drug-likeness (QED) is 0.811. The molecule has 1 aromatic rings. The molecule has 1 saturated heterocycles. The first-order valence-corrected chi connectivity index (χ1v) is 5.96.